The predicted molar refractivity (Wildman–Crippen MR) is 152 cm³/mol. The molecule has 0 spiro atoms. The van der Waals surface area contributed by atoms with Gasteiger partial charge in [0.25, 0.3) is 0 Å². The van der Waals surface area contributed by atoms with Crippen LogP contribution < -0.4 is 0 Å². The second kappa shape index (κ2) is 9.11. The van der Waals surface area contributed by atoms with Gasteiger partial charge in [0.1, 0.15) is 0 Å². The zero-order valence-electron chi connectivity index (χ0n) is 20.7. The van der Waals surface area contributed by atoms with Crippen LogP contribution in [0.1, 0.15) is 0 Å². The average molecular weight is 524 g/mol. The standard InChI is InChI=1S/C33H21N3O2S/c37-39(38)29-17-8-7-16-27(29)28-21-25(18-19-30(28)39)24-14-9-15-26(20-24)33-35-31(22-10-3-1-4-11-22)34-32(36-33)23-12-5-2-6-13-23/h1-21H. The van der Waals surface area contributed by atoms with Gasteiger partial charge >= 0.3 is 0 Å². The summed E-state index contributed by atoms with van der Waals surface area (Å²) >= 11 is 0. The molecule has 0 saturated carbocycles. The van der Waals surface area contributed by atoms with E-state index in [2.05, 4.69) is 0 Å². The first-order chi connectivity index (χ1) is 19.1. The molecule has 1 aliphatic rings. The fraction of sp³-hybridized carbons (Fsp3) is 0. The molecule has 1 aliphatic heterocycles. The van der Waals surface area contributed by atoms with Gasteiger partial charge in [0.2, 0.25) is 9.84 Å². The van der Waals surface area contributed by atoms with Crippen LogP contribution in [0.25, 0.3) is 56.4 Å². The van der Waals surface area contributed by atoms with E-state index < -0.39 is 9.84 Å². The van der Waals surface area contributed by atoms with Gasteiger partial charge in [-0.2, -0.15) is 0 Å². The minimum Gasteiger partial charge on any atom is -0.218 e. The first kappa shape index (κ1) is 23.2. The van der Waals surface area contributed by atoms with Gasteiger partial charge in [0.05, 0.1) is 9.79 Å². The Morgan fingerprint density at radius 3 is 1.54 bits per heavy atom. The fourth-order valence-electron chi connectivity index (χ4n) is 4.97. The van der Waals surface area contributed by atoms with E-state index in [0.29, 0.717) is 27.3 Å². The van der Waals surface area contributed by atoms with Crippen LogP contribution in [0.5, 0.6) is 0 Å². The van der Waals surface area contributed by atoms with Crippen molar-refractivity contribution in [2.45, 2.75) is 9.79 Å². The molecule has 186 valence electrons. The van der Waals surface area contributed by atoms with Crippen LogP contribution in [0, 0.1) is 0 Å². The van der Waals surface area contributed by atoms with Gasteiger partial charge in [-0.25, -0.2) is 23.4 Å². The van der Waals surface area contributed by atoms with Crippen molar-refractivity contribution in [3.05, 3.63) is 127 Å². The SMILES string of the molecule is O=S1(=O)c2ccccc2-c2cc(-c3cccc(-c4nc(-c5ccccc5)nc(-c5ccccc5)n4)c3)ccc21. The van der Waals surface area contributed by atoms with Crippen molar-refractivity contribution in [2.24, 2.45) is 0 Å². The molecule has 0 saturated heterocycles. The average Bonchev–Trinajstić information content (AvgIpc) is 3.24. The number of hydrogen-bond donors (Lipinski definition) is 0. The normalized spacial score (nSPS) is 13.0. The zero-order chi connectivity index (χ0) is 26.4. The lowest BCUT2D eigenvalue weighted by Crippen LogP contribution is -2.00. The minimum absolute atomic E-state index is 0.348. The zero-order valence-corrected chi connectivity index (χ0v) is 21.5. The molecular weight excluding hydrogens is 502 g/mol. The molecule has 1 aromatic heterocycles. The molecule has 0 unspecified atom stereocenters. The third kappa shape index (κ3) is 4.02. The highest BCUT2D eigenvalue weighted by Crippen LogP contribution is 2.44. The Hall–Kier alpha value is -4.94. The van der Waals surface area contributed by atoms with Crippen molar-refractivity contribution in [3.63, 3.8) is 0 Å². The molecule has 0 radical (unpaired) electrons. The lowest BCUT2D eigenvalue weighted by molar-refractivity contribution is 0.598. The van der Waals surface area contributed by atoms with Gasteiger partial charge in [-0.1, -0.05) is 103 Å². The largest absolute Gasteiger partial charge is 0.218 e. The highest BCUT2D eigenvalue weighted by atomic mass is 32.2. The molecule has 6 heteroatoms. The van der Waals surface area contributed by atoms with E-state index in [4.69, 9.17) is 15.0 Å². The summed E-state index contributed by atoms with van der Waals surface area (Å²) in [5, 5.41) is 0. The first-order valence-corrected chi connectivity index (χ1v) is 14.0. The second-order valence-corrected chi connectivity index (χ2v) is 11.2. The Balaban J connectivity index is 1.35. The molecular formula is C33H21N3O2S. The van der Waals surface area contributed by atoms with E-state index in [9.17, 15) is 8.42 Å². The Morgan fingerprint density at radius 1 is 0.385 bits per heavy atom. The third-order valence-corrected chi connectivity index (χ3v) is 8.76. The topological polar surface area (TPSA) is 72.8 Å². The molecule has 2 heterocycles. The number of sulfone groups is 1. The van der Waals surface area contributed by atoms with E-state index in [1.54, 1.807) is 18.2 Å². The lowest BCUT2D eigenvalue weighted by atomic mass is 9.98. The minimum atomic E-state index is -3.50. The van der Waals surface area contributed by atoms with E-state index in [0.717, 1.165) is 38.9 Å². The summed E-state index contributed by atoms with van der Waals surface area (Å²) in [6.07, 6.45) is 0. The number of nitrogens with zero attached hydrogens (tertiary/aromatic N) is 3. The lowest BCUT2D eigenvalue weighted by Gasteiger charge is -2.10. The predicted octanol–water partition coefficient (Wildman–Crippen LogP) is 7.35. The Kier molecular flexibility index (Phi) is 5.42. The van der Waals surface area contributed by atoms with Crippen LogP contribution in [0.3, 0.4) is 0 Å². The Labute approximate surface area is 226 Å². The molecule has 0 fully saturated rings. The van der Waals surface area contributed by atoms with Crippen LogP contribution in [0.4, 0.5) is 0 Å². The number of hydrogen-bond acceptors (Lipinski definition) is 5. The highest BCUT2D eigenvalue weighted by molar-refractivity contribution is 7.92. The summed E-state index contributed by atoms with van der Waals surface area (Å²) < 4.78 is 26.1. The maximum absolute atomic E-state index is 13.0. The van der Waals surface area contributed by atoms with Gasteiger partial charge in [0, 0.05) is 27.8 Å². The molecule has 0 amide bonds. The summed E-state index contributed by atoms with van der Waals surface area (Å²) in [6, 6.07) is 40.4. The molecule has 0 atom stereocenters. The van der Waals surface area contributed by atoms with Crippen molar-refractivity contribution in [1.29, 1.82) is 0 Å². The highest BCUT2D eigenvalue weighted by Gasteiger charge is 2.32. The van der Waals surface area contributed by atoms with Crippen LogP contribution in [0.2, 0.25) is 0 Å². The molecule has 39 heavy (non-hydrogen) atoms. The smallest absolute Gasteiger partial charge is 0.207 e. The van der Waals surface area contributed by atoms with Crippen molar-refractivity contribution in [2.75, 3.05) is 0 Å². The van der Waals surface area contributed by atoms with Crippen LogP contribution >= 0.6 is 0 Å². The quantitative estimate of drug-likeness (QED) is 0.241. The summed E-state index contributed by atoms with van der Waals surface area (Å²) in [6.45, 7) is 0. The Bertz CT molecular complexity index is 1910. The van der Waals surface area contributed by atoms with Crippen molar-refractivity contribution in [1.82, 2.24) is 15.0 Å². The Morgan fingerprint density at radius 2 is 0.872 bits per heavy atom. The summed E-state index contributed by atoms with van der Waals surface area (Å²) in [5.41, 5.74) is 6.00. The van der Waals surface area contributed by atoms with Crippen LogP contribution in [0.15, 0.2) is 137 Å². The molecule has 6 aromatic rings. The summed E-state index contributed by atoms with van der Waals surface area (Å²) in [5.74, 6) is 1.77. The van der Waals surface area contributed by atoms with Gasteiger partial charge in [-0.15, -0.1) is 0 Å². The van der Waals surface area contributed by atoms with Gasteiger partial charge in [-0.05, 0) is 35.4 Å². The van der Waals surface area contributed by atoms with E-state index in [-0.39, 0.29) is 0 Å². The van der Waals surface area contributed by atoms with Crippen LogP contribution in [-0.2, 0) is 9.84 Å². The number of benzene rings is 5. The van der Waals surface area contributed by atoms with Crippen molar-refractivity contribution >= 4 is 9.84 Å². The van der Waals surface area contributed by atoms with Gasteiger partial charge in [0.15, 0.2) is 17.5 Å². The van der Waals surface area contributed by atoms with Gasteiger partial charge < -0.3 is 0 Å². The van der Waals surface area contributed by atoms with E-state index >= 15 is 0 Å². The molecule has 0 N–H and O–H groups in total. The maximum Gasteiger partial charge on any atom is 0.207 e. The monoisotopic (exact) mass is 523 g/mol. The number of fused-ring (bicyclic) bond motifs is 3. The van der Waals surface area contributed by atoms with Crippen molar-refractivity contribution < 1.29 is 8.42 Å². The van der Waals surface area contributed by atoms with Crippen molar-refractivity contribution in [3.8, 4) is 56.4 Å². The molecule has 5 aromatic carbocycles. The molecule has 5 nitrogen and oxygen atoms in total. The second-order valence-electron chi connectivity index (χ2n) is 9.33. The van der Waals surface area contributed by atoms with E-state index in [1.165, 1.54) is 0 Å². The first-order valence-electron chi connectivity index (χ1n) is 12.5. The van der Waals surface area contributed by atoms with E-state index in [1.807, 2.05) is 109 Å². The summed E-state index contributed by atoms with van der Waals surface area (Å²) in [4.78, 5) is 15.2. The molecule has 0 bridgehead atoms. The number of rotatable bonds is 4. The maximum atomic E-state index is 13.0. The molecule has 7 rings (SSSR count). The number of aromatic nitrogens is 3. The molecule has 0 aliphatic carbocycles. The third-order valence-electron chi connectivity index (χ3n) is 6.89. The van der Waals surface area contributed by atoms with Gasteiger partial charge in [-0.3, -0.25) is 0 Å². The van der Waals surface area contributed by atoms with Crippen LogP contribution in [-0.4, -0.2) is 23.4 Å². The summed E-state index contributed by atoms with van der Waals surface area (Å²) in [7, 11) is -3.50. The fourth-order valence-corrected chi connectivity index (χ4v) is 6.64.